The van der Waals surface area contributed by atoms with Gasteiger partial charge in [-0.15, -0.1) is 0 Å². The van der Waals surface area contributed by atoms with Gasteiger partial charge in [-0.2, -0.15) is 8.78 Å². The van der Waals surface area contributed by atoms with E-state index >= 15 is 4.39 Å². The second kappa shape index (κ2) is 8.54. The first-order chi connectivity index (χ1) is 12.9. The zero-order valence-corrected chi connectivity index (χ0v) is 16.6. The Kier molecular flexibility index (Phi) is 6.79. The van der Waals surface area contributed by atoms with Gasteiger partial charge in [-0.3, -0.25) is 0 Å². The minimum Gasteiger partial charge on any atom is -0.444 e. The number of aromatic nitrogens is 1. The summed E-state index contributed by atoms with van der Waals surface area (Å²) in [4.78, 5) is 16.5. The molecule has 11 heteroatoms. The number of hydrogen-bond acceptors (Lipinski definition) is 6. The average Bonchev–Trinajstić information content (AvgIpc) is 2.59. The molecule has 0 aromatic carbocycles. The minimum atomic E-state index is -4.52. The van der Waals surface area contributed by atoms with Crippen LogP contribution < -0.4 is 4.74 Å². The molecule has 2 unspecified atom stereocenters. The molecule has 2 heterocycles. The Labute approximate surface area is 161 Å². The molecule has 0 spiro atoms. The molecule has 0 bridgehead atoms. The lowest BCUT2D eigenvalue weighted by Gasteiger charge is -2.37. The van der Waals surface area contributed by atoms with E-state index in [0.717, 1.165) is 23.2 Å². The van der Waals surface area contributed by atoms with Crippen molar-refractivity contribution in [2.24, 2.45) is 0 Å². The molecule has 1 aromatic rings. The maximum absolute atomic E-state index is 15.1. The van der Waals surface area contributed by atoms with Crippen molar-refractivity contribution >= 4 is 15.9 Å². The van der Waals surface area contributed by atoms with Gasteiger partial charge in [-0.25, -0.2) is 22.6 Å². The lowest BCUT2D eigenvalue weighted by Crippen LogP contribution is -2.52. The van der Waals surface area contributed by atoms with Crippen molar-refractivity contribution in [3.8, 4) is 5.88 Å². The van der Waals surface area contributed by atoms with Gasteiger partial charge in [-0.05, 0) is 46.1 Å². The van der Waals surface area contributed by atoms with E-state index < -0.39 is 50.5 Å². The van der Waals surface area contributed by atoms with Crippen LogP contribution in [-0.2, 0) is 14.6 Å². The summed E-state index contributed by atoms with van der Waals surface area (Å²) in [5, 5.41) is 0. The first-order valence-corrected chi connectivity index (χ1v) is 10.2. The fourth-order valence-electron chi connectivity index (χ4n) is 2.81. The highest BCUT2D eigenvalue weighted by molar-refractivity contribution is 7.92. The molecule has 1 aromatic heterocycles. The van der Waals surface area contributed by atoms with Gasteiger partial charge in [0, 0.05) is 18.8 Å². The van der Waals surface area contributed by atoms with Crippen LogP contribution >= 0.6 is 0 Å². The van der Waals surface area contributed by atoms with E-state index in [1.807, 2.05) is 0 Å². The molecule has 1 aliphatic rings. The second-order valence-electron chi connectivity index (χ2n) is 7.34. The molecule has 1 amide bonds. The molecule has 1 aliphatic heterocycles. The molecular formula is C17H23F3N2O5S. The third-order valence-electron chi connectivity index (χ3n) is 4.02. The zero-order valence-electron chi connectivity index (χ0n) is 15.8. The number of hydrogen-bond donors (Lipinski definition) is 0. The Morgan fingerprint density at radius 2 is 1.93 bits per heavy atom. The largest absolute Gasteiger partial charge is 0.444 e. The molecule has 1 saturated heterocycles. The summed E-state index contributed by atoms with van der Waals surface area (Å²) < 4.78 is 74.0. The van der Waals surface area contributed by atoms with Crippen molar-refractivity contribution in [1.82, 2.24) is 9.88 Å². The number of nitrogens with zero attached hydrogens (tertiary/aromatic N) is 2. The highest BCUT2D eigenvalue weighted by atomic mass is 32.2. The predicted octanol–water partition coefficient (Wildman–Crippen LogP) is 3.54. The number of carbonyl (C=O) groups is 1. The number of rotatable bonds is 5. The van der Waals surface area contributed by atoms with Crippen LogP contribution in [0.5, 0.6) is 5.88 Å². The van der Waals surface area contributed by atoms with E-state index in [9.17, 15) is 22.0 Å². The monoisotopic (exact) mass is 424 g/mol. The maximum atomic E-state index is 15.1. The van der Waals surface area contributed by atoms with Crippen molar-refractivity contribution in [2.45, 2.75) is 68.7 Å². The molecule has 0 aliphatic carbocycles. The van der Waals surface area contributed by atoms with E-state index in [0.29, 0.717) is 12.8 Å². The summed E-state index contributed by atoms with van der Waals surface area (Å²) in [7, 11) is -4.52. The van der Waals surface area contributed by atoms with E-state index in [1.165, 1.54) is 0 Å². The van der Waals surface area contributed by atoms with Gasteiger partial charge in [0.15, 0.2) is 0 Å². The molecule has 0 N–H and O–H groups in total. The standard InChI is InChI=1S/C17H23F3N2O5S/c1-17(2,3)27-16(23)22-9-5-4-6-12(22)14(18)28(24,25)11-7-8-13(21-10-11)26-15(19)20/h7-8,10,12,14-15H,4-6,9H2,1-3H3. The number of alkyl halides is 3. The van der Waals surface area contributed by atoms with Crippen molar-refractivity contribution in [3.05, 3.63) is 18.3 Å². The SMILES string of the molecule is CC(C)(C)OC(=O)N1CCCCC1C(F)S(=O)(=O)c1ccc(OC(F)F)nc1. The first-order valence-electron chi connectivity index (χ1n) is 8.70. The summed E-state index contributed by atoms with van der Waals surface area (Å²) in [5.74, 6) is -0.489. The molecule has 158 valence electrons. The number of amides is 1. The fourth-order valence-corrected chi connectivity index (χ4v) is 4.22. The molecule has 0 saturated carbocycles. The Hall–Kier alpha value is -2.04. The number of ether oxygens (including phenoxy) is 2. The van der Waals surface area contributed by atoms with Crippen LogP contribution in [0.4, 0.5) is 18.0 Å². The van der Waals surface area contributed by atoms with Gasteiger partial charge in [-0.1, -0.05) is 0 Å². The number of carbonyl (C=O) groups excluding carboxylic acids is 1. The van der Waals surface area contributed by atoms with Crippen LogP contribution in [-0.4, -0.2) is 54.7 Å². The van der Waals surface area contributed by atoms with Gasteiger partial charge < -0.3 is 14.4 Å². The van der Waals surface area contributed by atoms with E-state index in [4.69, 9.17) is 4.74 Å². The predicted molar refractivity (Wildman–Crippen MR) is 93.5 cm³/mol. The summed E-state index contributed by atoms with van der Waals surface area (Å²) in [6.07, 6.45) is 1.28. The lowest BCUT2D eigenvalue weighted by atomic mass is 10.0. The summed E-state index contributed by atoms with van der Waals surface area (Å²) in [6.45, 7) is 2.02. The molecule has 1 fully saturated rings. The van der Waals surface area contributed by atoms with Crippen LogP contribution in [0.1, 0.15) is 40.0 Å². The minimum absolute atomic E-state index is 0.152. The Bertz CT molecular complexity index is 781. The molecule has 28 heavy (non-hydrogen) atoms. The van der Waals surface area contributed by atoms with Crippen LogP contribution in [0.25, 0.3) is 0 Å². The molecule has 7 nitrogen and oxygen atoms in total. The first kappa shape index (κ1) is 22.3. The fraction of sp³-hybridized carbons (Fsp3) is 0.647. The van der Waals surface area contributed by atoms with Gasteiger partial charge in [0.25, 0.3) is 0 Å². The van der Waals surface area contributed by atoms with Crippen molar-refractivity contribution < 1.29 is 35.9 Å². The summed E-state index contributed by atoms with van der Waals surface area (Å²) in [5.41, 5.74) is -3.22. The van der Waals surface area contributed by atoms with Gasteiger partial charge in [0.2, 0.25) is 21.2 Å². The molecule has 2 rings (SSSR count). The van der Waals surface area contributed by atoms with E-state index in [-0.39, 0.29) is 13.0 Å². The van der Waals surface area contributed by atoms with Crippen LogP contribution in [0.2, 0.25) is 0 Å². The highest BCUT2D eigenvalue weighted by Gasteiger charge is 2.42. The second-order valence-corrected chi connectivity index (χ2v) is 9.36. The van der Waals surface area contributed by atoms with Crippen molar-refractivity contribution in [1.29, 1.82) is 0 Å². The Morgan fingerprint density at radius 3 is 2.46 bits per heavy atom. The third-order valence-corrected chi connectivity index (χ3v) is 5.83. The maximum Gasteiger partial charge on any atom is 0.410 e. The third kappa shape index (κ3) is 5.49. The zero-order chi connectivity index (χ0) is 21.1. The van der Waals surface area contributed by atoms with Gasteiger partial charge in [0.05, 0.1) is 10.9 Å². The topological polar surface area (TPSA) is 85.8 Å². The normalized spacial score (nSPS) is 19.4. The molecule has 0 radical (unpaired) electrons. The number of pyridine rings is 1. The van der Waals surface area contributed by atoms with Gasteiger partial charge >= 0.3 is 12.7 Å². The smallest absolute Gasteiger partial charge is 0.410 e. The molecule has 2 atom stereocenters. The van der Waals surface area contributed by atoms with Crippen LogP contribution in [0.15, 0.2) is 23.2 Å². The van der Waals surface area contributed by atoms with E-state index in [2.05, 4.69) is 9.72 Å². The van der Waals surface area contributed by atoms with Gasteiger partial charge in [0.1, 0.15) is 5.60 Å². The number of piperidine rings is 1. The number of halogens is 3. The number of sulfone groups is 1. The number of likely N-dealkylation sites (tertiary alicyclic amines) is 1. The van der Waals surface area contributed by atoms with Crippen molar-refractivity contribution in [3.63, 3.8) is 0 Å². The summed E-state index contributed by atoms with van der Waals surface area (Å²) >= 11 is 0. The lowest BCUT2D eigenvalue weighted by molar-refractivity contribution is -0.0529. The van der Waals surface area contributed by atoms with Crippen LogP contribution in [0, 0.1) is 0 Å². The van der Waals surface area contributed by atoms with Crippen LogP contribution in [0.3, 0.4) is 0 Å². The van der Waals surface area contributed by atoms with E-state index in [1.54, 1.807) is 20.8 Å². The average molecular weight is 424 g/mol. The van der Waals surface area contributed by atoms with Crippen molar-refractivity contribution in [2.75, 3.05) is 6.54 Å². The quantitative estimate of drug-likeness (QED) is 0.719. The molecular weight excluding hydrogens is 401 g/mol. The summed E-state index contributed by atoms with van der Waals surface area (Å²) in [6, 6.07) is 0.636. The Morgan fingerprint density at radius 1 is 1.25 bits per heavy atom. The Balaban J connectivity index is 2.22. The highest BCUT2D eigenvalue weighted by Crippen LogP contribution is 2.30.